The molecule has 110 valence electrons. The Hall–Kier alpha value is -2.37. The zero-order valence-electron chi connectivity index (χ0n) is 11.9. The fourth-order valence-electron chi connectivity index (χ4n) is 2.91. The molecular formula is C15H16N2O4. The highest BCUT2D eigenvalue weighted by molar-refractivity contribution is 6.11. The first-order valence-electron chi connectivity index (χ1n) is 6.93. The first-order chi connectivity index (χ1) is 9.99. The molecule has 1 atom stereocenters. The van der Waals surface area contributed by atoms with Gasteiger partial charge in [-0.25, -0.2) is 0 Å². The normalized spacial score (nSPS) is 20.5. The van der Waals surface area contributed by atoms with Gasteiger partial charge < -0.3 is 15.0 Å². The lowest BCUT2D eigenvalue weighted by Crippen LogP contribution is -2.40. The van der Waals surface area contributed by atoms with E-state index in [1.807, 2.05) is 0 Å². The van der Waals surface area contributed by atoms with Crippen LogP contribution in [0.25, 0.3) is 0 Å². The van der Waals surface area contributed by atoms with Crippen LogP contribution in [-0.2, 0) is 9.59 Å². The van der Waals surface area contributed by atoms with Crippen LogP contribution in [0.15, 0.2) is 12.1 Å². The minimum Gasteiger partial charge on any atom is -0.424 e. The van der Waals surface area contributed by atoms with Gasteiger partial charge in [0.05, 0.1) is 11.3 Å². The minimum absolute atomic E-state index is 0.195. The third-order valence-corrected chi connectivity index (χ3v) is 3.90. The van der Waals surface area contributed by atoms with Gasteiger partial charge in [0, 0.05) is 13.5 Å². The average molecular weight is 288 g/mol. The number of fused-ring (bicyclic) bond motifs is 2. The van der Waals surface area contributed by atoms with Crippen LogP contribution < -0.4 is 10.1 Å². The molecule has 2 heterocycles. The highest BCUT2D eigenvalue weighted by Crippen LogP contribution is 2.37. The summed E-state index contributed by atoms with van der Waals surface area (Å²) in [6.07, 6.45) is 1.48. The van der Waals surface area contributed by atoms with Gasteiger partial charge in [-0.2, -0.15) is 0 Å². The van der Waals surface area contributed by atoms with Crippen LogP contribution in [0.4, 0.5) is 5.69 Å². The standard InChI is InChI=1S/C15H16N2O4/c1-8-5-6-10-12(13(8)21-9(2)18)16-14(19)11-4-3-7-17(11)15(10)20/h5-6,11H,3-4,7H2,1-2H3,(H,16,19). The number of rotatable bonds is 1. The lowest BCUT2D eigenvalue weighted by atomic mass is 10.1. The van der Waals surface area contributed by atoms with E-state index in [2.05, 4.69) is 5.32 Å². The van der Waals surface area contributed by atoms with Gasteiger partial charge in [-0.3, -0.25) is 14.4 Å². The molecule has 6 heteroatoms. The van der Waals surface area contributed by atoms with E-state index >= 15 is 0 Å². The van der Waals surface area contributed by atoms with Gasteiger partial charge in [-0.1, -0.05) is 6.07 Å². The van der Waals surface area contributed by atoms with Crippen molar-refractivity contribution in [1.82, 2.24) is 4.90 Å². The van der Waals surface area contributed by atoms with Crippen LogP contribution in [0.1, 0.15) is 35.7 Å². The van der Waals surface area contributed by atoms with Crippen LogP contribution in [-0.4, -0.2) is 35.3 Å². The number of anilines is 1. The molecule has 1 N–H and O–H groups in total. The third kappa shape index (κ3) is 2.16. The predicted molar refractivity (Wildman–Crippen MR) is 75.2 cm³/mol. The van der Waals surface area contributed by atoms with Crippen molar-refractivity contribution in [3.05, 3.63) is 23.3 Å². The molecular weight excluding hydrogens is 272 g/mol. The number of hydrogen-bond acceptors (Lipinski definition) is 4. The molecule has 3 rings (SSSR count). The molecule has 2 aliphatic heterocycles. The Morgan fingerprint density at radius 1 is 1.38 bits per heavy atom. The number of benzene rings is 1. The number of esters is 1. The molecule has 1 fully saturated rings. The van der Waals surface area contributed by atoms with Crippen molar-refractivity contribution in [3.63, 3.8) is 0 Å². The summed E-state index contributed by atoms with van der Waals surface area (Å²) in [4.78, 5) is 37.8. The maximum Gasteiger partial charge on any atom is 0.308 e. The summed E-state index contributed by atoms with van der Waals surface area (Å²) in [5.41, 5.74) is 1.36. The second-order valence-corrected chi connectivity index (χ2v) is 5.37. The maximum atomic E-state index is 12.6. The Labute approximate surface area is 122 Å². The first-order valence-corrected chi connectivity index (χ1v) is 6.93. The van der Waals surface area contributed by atoms with Crippen LogP contribution >= 0.6 is 0 Å². The number of hydrogen-bond donors (Lipinski definition) is 1. The number of nitrogens with zero attached hydrogens (tertiary/aromatic N) is 1. The molecule has 1 aromatic carbocycles. The molecule has 0 spiro atoms. The molecule has 6 nitrogen and oxygen atoms in total. The molecule has 21 heavy (non-hydrogen) atoms. The van der Waals surface area contributed by atoms with Crippen molar-refractivity contribution in [3.8, 4) is 5.75 Å². The molecule has 1 saturated heterocycles. The van der Waals surface area contributed by atoms with Crippen LogP contribution in [0.2, 0.25) is 0 Å². The van der Waals surface area contributed by atoms with E-state index in [9.17, 15) is 14.4 Å². The molecule has 1 unspecified atom stereocenters. The third-order valence-electron chi connectivity index (χ3n) is 3.90. The summed E-state index contributed by atoms with van der Waals surface area (Å²) in [5.74, 6) is -0.654. The smallest absolute Gasteiger partial charge is 0.308 e. The Kier molecular flexibility index (Phi) is 3.16. The van der Waals surface area contributed by atoms with Crippen LogP contribution in [0.5, 0.6) is 5.75 Å². The number of carbonyl (C=O) groups excluding carboxylic acids is 3. The monoisotopic (exact) mass is 288 g/mol. The van der Waals surface area contributed by atoms with Gasteiger partial charge in [-0.15, -0.1) is 0 Å². The molecule has 0 bridgehead atoms. The van der Waals surface area contributed by atoms with Crippen molar-refractivity contribution in [1.29, 1.82) is 0 Å². The summed E-state index contributed by atoms with van der Waals surface area (Å²) < 4.78 is 5.19. The van der Waals surface area contributed by atoms with Crippen molar-refractivity contribution >= 4 is 23.5 Å². The van der Waals surface area contributed by atoms with E-state index in [1.54, 1.807) is 24.0 Å². The second-order valence-electron chi connectivity index (χ2n) is 5.37. The molecule has 2 aliphatic rings. The highest BCUT2D eigenvalue weighted by Gasteiger charge is 2.39. The van der Waals surface area contributed by atoms with Gasteiger partial charge in [0.15, 0.2) is 5.75 Å². The van der Waals surface area contributed by atoms with E-state index in [0.717, 1.165) is 6.42 Å². The number of nitrogens with one attached hydrogen (secondary N) is 1. The lowest BCUT2D eigenvalue weighted by Gasteiger charge is -2.19. The molecule has 0 aliphatic carbocycles. The fraction of sp³-hybridized carbons (Fsp3) is 0.400. The summed E-state index contributed by atoms with van der Waals surface area (Å²) in [7, 11) is 0. The fourth-order valence-corrected chi connectivity index (χ4v) is 2.91. The predicted octanol–water partition coefficient (Wildman–Crippen LogP) is 1.48. The van der Waals surface area contributed by atoms with Gasteiger partial charge in [-0.05, 0) is 31.4 Å². The second kappa shape index (κ2) is 4.87. The minimum atomic E-state index is -0.488. The number of carbonyl (C=O) groups is 3. The Bertz CT molecular complexity index is 653. The largest absolute Gasteiger partial charge is 0.424 e. The maximum absolute atomic E-state index is 12.6. The lowest BCUT2D eigenvalue weighted by molar-refractivity contribution is -0.132. The van der Waals surface area contributed by atoms with Gasteiger partial charge in [0.1, 0.15) is 6.04 Å². The molecule has 0 saturated carbocycles. The average Bonchev–Trinajstić information content (AvgIpc) is 2.87. The van der Waals surface area contributed by atoms with E-state index in [-0.39, 0.29) is 17.6 Å². The van der Waals surface area contributed by atoms with E-state index in [1.165, 1.54) is 6.92 Å². The summed E-state index contributed by atoms with van der Waals surface area (Å²) in [5, 5.41) is 2.76. The Morgan fingerprint density at radius 2 is 2.14 bits per heavy atom. The van der Waals surface area contributed by atoms with Crippen molar-refractivity contribution in [2.24, 2.45) is 0 Å². The number of ether oxygens (including phenoxy) is 1. The number of amides is 2. The van der Waals surface area contributed by atoms with E-state index in [0.29, 0.717) is 29.8 Å². The quantitative estimate of drug-likeness (QED) is 0.627. The van der Waals surface area contributed by atoms with Gasteiger partial charge in [0.25, 0.3) is 5.91 Å². The Morgan fingerprint density at radius 3 is 2.86 bits per heavy atom. The highest BCUT2D eigenvalue weighted by atomic mass is 16.5. The van der Waals surface area contributed by atoms with Crippen LogP contribution in [0.3, 0.4) is 0 Å². The summed E-state index contributed by atoms with van der Waals surface area (Å²) in [6.45, 7) is 3.63. The van der Waals surface area contributed by atoms with Gasteiger partial charge in [0.2, 0.25) is 5.91 Å². The molecule has 1 aromatic rings. The molecule has 2 amide bonds. The molecule has 0 radical (unpaired) electrons. The van der Waals surface area contributed by atoms with Crippen LogP contribution in [0, 0.1) is 6.92 Å². The van der Waals surface area contributed by atoms with Crippen molar-refractivity contribution in [2.75, 3.05) is 11.9 Å². The summed E-state index contributed by atoms with van der Waals surface area (Å²) >= 11 is 0. The van der Waals surface area contributed by atoms with E-state index in [4.69, 9.17) is 4.74 Å². The van der Waals surface area contributed by atoms with Crippen molar-refractivity contribution < 1.29 is 19.1 Å². The summed E-state index contributed by atoms with van der Waals surface area (Å²) in [6, 6.07) is 2.95. The molecule has 0 aromatic heterocycles. The van der Waals surface area contributed by atoms with E-state index < -0.39 is 12.0 Å². The number of aryl methyl sites for hydroxylation is 1. The zero-order chi connectivity index (χ0) is 15.1. The Balaban J connectivity index is 2.14. The topological polar surface area (TPSA) is 75.7 Å². The zero-order valence-corrected chi connectivity index (χ0v) is 11.9. The van der Waals surface area contributed by atoms with Crippen molar-refractivity contribution in [2.45, 2.75) is 32.7 Å². The first kappa shape index (κ1) is 13.6. The SMILES string of the molecule is CC(=O)Oc1c(C)ccc2c1NC(=O)C1CCCN1C2=O. The van der Waals surface area contributed by atoms with Gasteiger partial charge >= 0.3 is 5.97 Å².